The van der Waals surface area contributed by atoms with Crippen molar-refractivity contribution in [3.05, 3.63) is 0 Å². The zero-order chi connectivity index (χ0) is 13.8. The molecule has 0 aromatic carbocycles. The number of likely N-dealkylation sites (tertiary alicyclic amines) is 1. The van der Waals surface area contributed by atoms with Gasteiger partial charge in [0.1, 0.15) is 0 Å². The van der Waals surface area contributed by atoms with Crippen LogP contribution < -0.4 is 0 Å². The van der Waals surface area contributed by atoms with Gasteiger partial charge in [-0.05, 0) is 12.8 Å². The van der Waals surface area contributed by atoms with Crippen LogP contribution in [-0.4, -0.2) is 47.5 Å². The van der Waals surface area contributed by atoms with Gasteiger partial charge in [0.15, 0.2) is 0 Å². The van der Waals surface area contributed by atoms with E-state index in [1.165, 1.54) is 7.11 Å². The standard InChI is InChI=1S/C13H23NO3S/c1-13(2,3)18-9-11(15)14-7-5-6-10(8-14)12(16)17-4/h10H,5-9H2,1-4H3/t10-/m0/s1. The molecule has 0 aromatic heterocycles. The molecule has 0 aliphatic carbocycles. The van der Waals surface area contributed by atoms with Gasteiger partial charge in [-0.25, -0.2) is 0 Å². The summed E-state index contributed by atoms with van der Waals surface area (Å²) < 4.78 is 4.84. The normalized spacial score (nSPS) is 20.7. The van der Waals surface area contributed by atoms with E-state index in [4.69, 9.17) is 4.74 Å². The van der Waals surface area contributed by atoms with Crippen LogP contribution in [0.15, 0.2) is 0 Å². The third-order valence-corrected chi connectivity index (χ3v) is 4.19. The van der Waals surface area contributed by atoms with Gasteiger partial charge in [-0.1, -0.05) is 20.8 Å². The zero-order valence-corrected chi connectivity index (χ0v) is 12.5. The quantitative estimate of drug-likeness (QED) is 0.737. The monoisotopic (exact) mass is 273 g/mol. The summed E-state index contributed by atoms with van der Waals surface area (Å²) in [4.78, 5) is 25.3. The van der Waals surface area contributed by atoms with Crippen LogP contribution >= 0.6 is 11.8 Å². The van der Waals surface area contributed by atoms with Gasteiger partial charge in [0.25, 0.3) is 0 Å². The van der Waals surface area contributed by atoms with Crippen LogP contribution in [0.25, 0.3) is 0 Å². The molecule has 104 valence electrons. The molecule has 0 bridgehead atoms. The third kappa shape index (κ3) is 4.88. The largest absolute Gasteiger partial charge is 0.469 e. The van der Waals surface area contributed by atoms with Crippen molar-refractivity contribution in [2.45, 2.75) is 38.4 Å². The fourth-order valence-corrected chi connectivity index (χ4v) is 2.67. The smallest absolute Gasteiger partial charge is 0.310 e. The van der Waals surface area contributed by atoms with Crippen LogP contribution in [0.2, 0.25) is 0 Å². The first-order chi connectivity index (χ1) is 8.33. The molecule has 4 nitrogen and oxygen atoms in total. The first-order valence-corrected chi connectivity index (χ1v) is 7.31. The van der Waals surface area contributed by atoms with Crippen LogP contribution in [0.3, 0.4) is 0 Å². The van der Waals surface area contributed by atoms with Gasteiger partial charge >= 0.3 is 5.97 Å². The fourth-order valence-electron chi connectivity index (χ4n) is 1.93. The van der Waals surface area contributed by atoms with E-state index < -0.39 is 0 Å². The maximum Gasteiger partial charge on any atom is 0.310 e. The SMILES string of the molecule is COC(=O)[C@H]1CCCN(C(=O)CSC(C)(C)C)C1. The predicted octanol–water partition coefficient (Wildman–Crippen LogP) is 1.93. The summed E-state index contributed by atoms with van der Waals surface area (Å²) in [6.07, 6.45) is 1.70. The molecular weight excluding hydrogens is 250 g/mol. The number of hydrogen-bond donors (Lipinski definition) is 0. The minimum absolute atomic E-state index is 0.0905. The number of rotatable bonds is 3. The highest BCUT2D eigenvalue weighted by Gasteiger charge is 2.29. The summed E-state index contributed by atoms with van der Waals surface area (Å²) >= 11 is 1.64. The number of carbonyl (C=O) groups is 2. The lowest BCUT2D eigenvalue weighted by molar-refractivity contribution is -0.148. The summed E-state index contributed by atoms with van der Waals surface area (Å²) in [5.41, 5.74) is 0. The van der Waals surface area contributed by atoms with Gasteiger partial charge in [-0.2, -0.15) is 0 Å². The molecule has 0 saturated carbocycles. The first kappa shape index (κ1) is 15.3. The van der Waals surface area contributed by atoms with E-state index in [9.17, 15) is 9.59 Å². The fraction of sp³-hybridized carbons (Fsp3) is 0.846. The summed E-state index contributed by atoms with van der Waals surface area (Å²) in [7, 11) is 1.40. The van der Waals surface area contributed by atoms with Crippen molar-refractivity contribution in [1.82, 2.24) is 4.90 Å². The Kier molecular flexibility index (Phi) is 5.50. The van der Waals surface area contributed by atoms with Gasteiger partial charge in [0.05, 0.1) is 18.8 Å². The minimum atomic E-state index is -0.198. The highest BCUT2D eigenvalue weighted by atomic mass is 32.2. The lowest BCUT2D eigenvalue weighted by Crippen LogP contribution is -2.43. The second-order valence-electron chi connectivity index (χ2n) is 5.60. The number of nitrogens with zero attached hydrogens (tertiary/aromatic N) is 1. The highest BCUT2D eigenvalue weighted by Crippen LogP contribution is 2.24. The van der Waals surface area contributed by atoms with E-state index in [0.29, 0.717) is 12.3 Å². The lowest BCUT2D eigenvalue weighted by atomic mass is 9.98. The number of piperidine rings is 1. The molecule has 0 unspecified atom stereocenters. The van der Waals surface area contributed by atoms with Gasteiger partial charge in [0.2, 0.25) is 5.91 Å². The summed E-state index contributed by atoms with van der Waals surface area (Å²) in [5, 5.41) is 0. The van der Waals surface area contributed by atoms with Crippen molar-refractivity contribution in [1.29, 1.82) is 0 Å². The molecule has 5 heteroatoms. The van der Waals surface area contributed by atoms with Crippen molar-refractivity contribution in [2.75, 3.05) is 26.0 Å². The molecule has 1 heterocycles. The summed E-state index contributed by atoms with van der Waals surface area (Å²) in [6, 6.07) is 0. The van der Waals surface area contributed by atoms with E-state index in [2.05, 4.69) is 20.8 Å². The van der Waals surface area contributed by atoms with Crippen LogP contribution in [0, 0.1) is 5.92 Å². The molecule has 0 spiro atoms. The molecule has 1 aliphatic heterocycles. The average molecular weight is 273 g/mol. The number of methoxy groups -OCH3 is 1. The minimum Gasteiger partial charge on any atom is -0.469 e. The molecule has 1 rings (SSSR count). The van der Waals surface area contributed by atoms with Gasteiger partial charge in [-0.15, -0.1) is 11.8 Å². The number of amides is 1. The molecule has 0 aromatic rings. The number of ether oxygens (including phenoxy) is 1. The Balaban J connectivity index is 2.46. The van der Waals surface area contributed by atoms with Crippen LogP contribution in [0.4, 0.5) is 0 Å². The van der Waals surface area contributed by atoms with Crippen LogP contribution in [-0.2, 0) is 14.3 Å². The Labute approximate surface area is 113 Å². The molecule has 18 heavy (non-hydrogen) atoms. The van der Waals surface area contributed by atoms with Crippen molar-refractivity contribution in [2.24, 2.45) is 5.92 Å². The molecule has 1 saturated heterocycles. The third-order valence-electron chi connectivity index (χ3n) is 2.94. The molecule has 1 amide bonds. The van der Waals surface area contributed by atoms with Gasteiger partial charge in [-0.3, -0.25) is 9.59 Å². The van der Waals surface area contributed by atoms with Crippen molar-refractivity contribution in [3.63, 3.8) is 0 Å². The zero-order valence-electron chi connectivity index (χ0n) is 11.7. The van der Waals surface area contributed by atoms with E-state index in [-0.39, 0.29) is 22.5 Å². The van der Waals surface area contributed by atoms with Crippen molar-refractivity contribution < 1.29 is 14.3 Å². The Morgan fingerprint density at radius 3 is 2.61 bits per heavy atom. The second-order valence-corrected chi connectivity index (χ2v) is 7.41. The van der Waals surface area contributed by atoms with E-state index in [0.717, 1.165) is 19.4 Å². The molecular formula is C13H23NO3S. The number of hydrogen-bond acceptors (Lipinski definition) is 4. The highest BCUT2D eigenvalue weighted by molar-refractivity contribution is 8.01. The van der Waals surface area contributed by atoms with E-state index in [1.54, 1.807) is 16.7 Å². The van der Waals surface area contributed by atoms with E-state index in [1.807, 2.05) is 0 Å². The van der Waals surface area contributed by atoms with E-state index >= 15 is 0 Å². The van der Waals surface area contributed by atoms with Gasteiger partial charge < -0.3 is 9.64 Å². The second kappa shape index (κ2) is 6.45. The van der Waals surface area contributed by atoms with Crippen molar-refractivity contribution >= 4 is 23.6 Å². The molecule has 0 N–H and O–H groups in total. The summed E-state index contributed by atoms with van der Waals surface area (Å²) in [6.45, 7) is 7.56. The maximum absolute atomic E-state index is 12.1. The Bertz CT molecular complexity index is 312. The van der Waals surface area contributed by atoms with Gasteiger partial charge in [0, 0.05) is 17.8 Å². The van der Waals surface area contributed by atoms with Crippen LogP contribution in [0.5, 0.6) is 0 Å². The number of thioether (sulfide) groups is 1. The average Bonchev–Trinajstić information content (AvgIpc) is 2.34. The Morgan fingerprint density at radius 2 is 2.06 bits per heavy atom. The Morgan fingerprint density at radius 1 is 1.39 bits per heavy atom. The van der Waals surface area contributed by atoms with Crippen LogP contribution in [0.1, 0.15) is 33.6 Å². The predicted molar refractivity (Wildman–Crippen MR) is 73.5 cm³/mol. The first-order valence-electron chi connectivity index (χ1n) is 6.33. The molecule has 0 radical (unpaired) electrons. The Hall–Kier alpha value is -0.710. The molecule has 1 fully saturated rings. The number of carbonyl (C=O) groups excluding carboxylic acids is 2. The summed E-state index contributed by atoms with van der Waals surface area (Å²) in [5.74, 6) is 0.268. The lowest BCUT2D eigenvalue weighted by Gasteiger charge is -2.32. The topological polar surface area (TPSA) is 46.6 Å². The molecule has 1 atom stereocenters. The number of esters is 1. The molecule has 1 aliphatic rings. The van der Waals surface area contributed by atoms with Crippen molar-refractivity contribution in [3.8, 4) is 0 Å². The maximum atomic E-state index is 12.1.